The fraction of sp³-hybridized carbons (Fsp3) is 0.500. The minimum Gasteiger partial charge on any atom is -0.440 e. The molecule has 1 fully saturated rings. The number of cyclic esters (lactones) is 1. The SMILES string of the molecule is CC(c1ccccc1)C1C(=O)OC(C)(C(=O)NC(C)(C)C)C1=O. The van der Waals surface area contributed by atoms with Gasteiger partial charge in [0.1, 0.15) is 5.92 Å². The van der Waals surface area contributed by atoms with Gasteiger partial charge < -0.3 is 10.1 Å². The minimum atomic E-state index is -1.77. The van der Waals surface area contributed by atoms with Gasteiger partial charge in [-0.05, 0) is 33.3 Å². The second-order valence-electron chi connectivity index (χ2n) is 7.20. The first-order valence-electron chi connectivity index (χ1n) is 7.71. The summed E-state index contributed by atoms with van der Waals surface area (Å²) in [5, 5.41) is 2.71. The summed E-state index contributed by atoms with van der Waals surface area (Å²) in [6, 6.07) is 9.28. The molecule has 3 unspecified atom stereocenters. The molecule has 1 amide bonds. The van der Waals surface area contributed by atoms with E-state index in [9.17, 15) is 14.4 Å². The van der Waals surface area contributed by atoms with Crippen molar-refractivity contribution < 1.29 is 19.1 Å². The maximum absolute atomic E-state index is 12.8. The first-order chi connectivity index (χ1) is 10.6. The molecule has 1 N–H and O–H groups in total. The average Bonchev–Trinajstić information content (AvgIpc) is 2.68. The van der Waals surface area contributed by atoms with Crippen molar-refractivity contribution in [2.24, 2.45) is 5.92 Å². The van der Waals surface area contributed by atoms with Gasteiger partial charge >= 0.3 is 5.97 Å². The highest BCUT2D eigenvalue weighted by Gasteiger charge is 2.58. The third kappa shape index (κ3) is 3.28. The number of amides is 1. The molecular weight excluding hydrogens is 294 g/mol. The van der Waals surface area contributed by atoms with E-state index in [-0.39, 0.29) is 5.92 Å². The largest absolute Gasteiger partial charge is 0.440 e. The Morgan fingerprint density at radius 1 is 1.22 bits per heavy atom. The fourth-order valence-electron chi connectivity index (χ4n) is 2.72. The van der Waals surface area contributed by atoms with Gasteiger partial charge in [0, 0.05) is 11.5 Å². The van der Waals surface area contributed by atoms with Crippen molar-refractivity contribution in [1.29, 1.82) is 0 Å². The monoisotopic (exact) mass is 317 g/mol. The quantitative estimate of drug-likeness (QED) is 0.685. The number of ketones is 1. The van der Waals surface area contributed by atoms with Crippen molar-refractivity contribution in [3.05, 3.63) is 35.9 Å². The van der Waals surface area contributed by atoms with Crippen LogP contribution < -0.4 is 5.32 Å². The Kier molecular flexibility index (Phi) is 4.33. The lowest BCUT2D eigenvalue weighted by atomic mass is 9.81. The zero-order valence-electron chi connectivity index (χ0n) is 14.2. The average molecular weight is 317 g/mol. The van der Waals surface area contributed by atoms with Gasteiger partial charge in [-0.2, -0.15) is 0 Å². The highest BCUT2D eigenvalue weighted by molar-refractivity contribution is 6.20. The van der Waals surface area contributed by atoms with E-state index in [0.29, 0.717) is 0 Å². The van der Waals surface area contributed by atoms with Crippen molar-refractivity contribution in [1.82, 2.24) is 5.32 Å². The predicted octanol–water partition coefficient (Wildman–Crippen LogP) is 2.21. The summed E-state index contributed by atoms with van der Waals surface area (Å²) >= 11 is 0. The predicted molar refractivity (Wildman–Crippen MR) is 85.7 cm³/mol. The molecule has 1 saturated heterocycles. The van der Waals surface area contributed by atoms with E-state index in [4.69, 9.17) is 4.74 Å². The first-order valence-corrected chi connectivity index (χ1v) is 7.71. The molecule has 0 aliphatic carbocycles. The lowest BCUT2D eigenvalue weighted by molar-refractivity contribution is -0.161. The lowest BCUT2D eigenvalue weighted by Crippen LogP contribution is -2.55. The van der Waals surface area contributed by atoms with Crippen molar-refractivity contribution in [2.45, 2.75) is 51.7 Å². The number of rotatable bonds is 3. The molecule has 1 aromatic carbocycles. The van der Waals surface area contributed by atoms with E-state index in [1.54, 1.807) is 27.7 Å². The summed E-state index contributed by atoms with van der Waals surface area (Å²) in [4.78, 5) is 37.5. The van der Waals surface area contributed by atoms with Gasteiger partial charge in [-0.1, -0.05) is 37.3 Å². The summed E-state index contributed by atoms with van der Waals surface area (Å²) in [7, 11) is 0. The number of Topliss-reactive ketones (excluding diaryl/α,β-unsaturated/α-hetero) is 1. The molecule has 5 heteroatoms. The van der Waals surface area contributed by atoms with Gasteiger partial charge in [-0.25, -0.2) is 0 Å². The van der Waals surface area contributed by atoms with Crippen LogP contribution in [0, 0.1) is 5.92 Å². The molecule has 0 bridgehead atoms. The Balaban J connectivity index is 2.28. The molecule has 1 heterocycles. The number of ether oxygens (including phenoxy) is 1. The second kappa shape index (κ2) is 5.80. The summed E-state index contributed by atoms with van der Waals surface area (Å²) < 4.78 is 5.22. The Morgan fingerprint density at radius 3 is 2.30 bits per heavy atom. The minimum absolute atomic E-state index is 0.347. The molecule has 0 radical (unpaired) electrons. The summed E-state index contributed by atoms with van der Waals surface area (Å²) in [5.74, 6) is -3.02. The highest BCUT2D eigenvalue weighted by Crippen LogP contribution is 2.37. The van der Waals surface area contributed by atoms with Crippen LogP contribution >= 0.6 is 0 Å². The number of carbonyl (C=O) groups excluding carboxylic acids is 3. The molecule has 0 saturated carbocycles. The third-order valence-corrected chi connectivity index (χ3v) is 4.06. The highest BCUT2D eigenvalue weighted by atomic mass is 16.6. The van der Waals surface area contributed by atoms with Crippen LogP contribution in [0.1, 0.15) is 46.1 Å². The maximum atomic E-state index is 12.8. The maximum Gasteiger partial charge on any atom is 0.318 e. The van der Waals surface area contributed by atoms with E-state index in [1.165, 1.54) is 6.92 Å². The normalized spacial score (nSPS) is 25.9. The van der Waals surface area contributed by atoms with Gasteiger partial charge in [-0.15, -0.1) is 0 Å². The van der Waals surface area contributed by atoms with Crippen LogP contribution in [0.3, 0.4) is 0 Å². The number of nitrogens with one attached hydrogen (secondary N) is 1. The van der Waals surface area contributed by atoms with Crippen LogP contribution in [0.2, 0.25) is 0 Å². The Bertz CT molecular complexity index is 632. The summed E-state index contributed by atoms with van der Waals surface area (Å²) in [5.41, 5.74) is -1.42. The van der Waals surface area contributed by atoms with Crippen LogP contribution in [-0.4, -0.2) is 28.8 Å². The van der Waals surface area contributed by atoms with E-state index >= 15 is 0 Å². The Morgan fingerprint density at radius 2 is 1.78 bits per heavy atom. The molecule has 0 spiro atoms. The van der Waals surface area contributed by atoms with Crippen LogP contribution in [0.4, 0.5) is 0 Å². The number of hydrogen-bond acceptors (Lipinski definition) is 4. The van der Waals surface area contributed by atoms with Gasteiger partial charge in [0.05, 0.1) is 0 Å². The lowest BCUT2D eigenvalue weighted by Gasteiger charge is -2.27. The van der Waals surface area contributed by atoms with Crippen LogP contribution in [0.15, 0.2) is 30.3 Å². The molecule has 3 atom stereocenters. The van der Waals surface area contributed by atoms with Crippen LogP contribution in [-0.2, 0) is 19.1 Å². The fourth-order valence-corrected chi connectivity index (χ4v) is 2.72. The molecular formula is C18H23NO4. The Labute approximate surface area is 136 Å². The van der Waals surface area contributed by atoms with Crippen molar-refractivity contribution in [3.8, 4) is 0 Å². The molecule has 1 aliphatic rings. The molecule has 23 heavy (non-hydrogen) atoms. The van der Waals surface area contributed by atoms with Gasteiger partial charge in [0.15, 0.2) is 0 Å². The zero-order valence-corrected chi connectivity index (χ0v) is 14.2. The van der Waals surface area contributed by atoms with E-state index in [0.717, 1.165) is 5.56 Å². The van der Waals surface area contributed by atoms with Gasteiger partial charge in [0.25, 0.3) is 5.91 Å². The molecule has 1 aromatic rings. The topological polar surface area (TPSA) is 72.5 Å². The van der Waals surface area contributed by atoms with Crippen molar-refractivity contribution in [2.75, 3.05) is 0 Å². The molecule has 0 aromatic heterocycles. The molecule has 2 rings (SSSR count). The molecule has 1 aliphatic heterocycles. The number of benzene rings is 1. The van der Waals surface area contributed by atoms with E-state index < -0.39 is 34.7 Å². The zero-order chi connectivity index (χ0) is 17.4. The van der Waals surface area contributed by atoms with Gasteiger partial charge in [0.2, 0.25) is 11.4 Å². The molecule has 124 valence electrons. The number of esters is 1. The van der Waals surface area contributed by atoms with E-state index in [2.05, 4.69) is 5.32 Å². The standard InChI is InChI=1S/C18H23NO4/c1-11(12-9-7-6-8-10-12)13-14(20)18(5,23-15(13)21)16(22)19-17(2,3)4/h6-11,13H,1-5H3,(H,19,22). The van der Waals surface area contributed by atoms with Crippen LogP contribution in [0.25, 0.3) is 0 Å². The summed E-state index contributed by atoms with van der Waals surface area (Å²) in [6.45, 7) is 8.58. The van der Waals surface area contributed by atoms with Crippen molar-refractivity contribution in [3.63, 3.8) is 0 Å². The van der Waals surface area contributed by atoms with Crippen LogP contribution in [0.5, 0.6) is 0 Å². The Hall–Kier alpha value is -2.17. The first kappa shape index (κ1) is 17.2. The number of carbonyl (C=O) groups is 3. The number of hydrogen-bond donors (Lipinski definition) is 1. The van der Waals surface area contributed by atoms with E-state index in [1.807, 2.05) is 30.3 Å². The van der Waals surface area contributed by atoms with Gasteiger partial charge in [-0.3, -0.25) is 14.4 Å². The molecule has 5 nitrogen and oxygen atoms in total. The second-order valence-corrected chi connectivity index (χ2v) is 7.20. The smallest absolute Gasteiger partial charge is 0.318 e. The summed E-state index contributed by atoms with van der Waals surface area (Å²) in [6.07, 6.45) is 0. The third-order valence-electron chi connectivity index (χ3n) is 4.06. The van der Waals surface area contributed by atoms with Crippen molar-refractivity contribution >= 4 is 17.7 Å².